The molecule has 0 fully saturated rings. The second-order valence-electron chi connectivity index (χ2n) is 2.26. The molecule has 1 nitrogen and oxygen atoms in total. The van der Waals surface area contributed by atoms with Gasteiger partial charge in [-0.2, -0.15) is 0 Å². The van der Waals surface area contributed by atoms with Crippen molar-refractivity contribution in [2.45, 2.75) is 26.2 Å². The van der Waals surface area contributed by atoms with Crippen molar-refractivity contribution in [3.8, 4) is 0 Å². The number of ether oxygens (including phenoxy) is 1. The molecule has 11 heavy (non-hydrogen) atoms. The molecule has 0 aliphatic rings. The smallest absolute Gasteiger partial charge is 0.0955 e. The van der Waals surface area contributed by atoms with Gasteiger partial charge in [0, 0.05) is 12.0 Å². The van der Waals surface area contributed by atoms with E-state index in [1.54, 1.807) is 13.2 Å². The summed E-state index contributed by atoms with van der Waals surface area (Å²) in [5, 5.41) is 0. The summed E-state index contributed by atoms with van der Waals surface area (Å²) in [4.78, 5) is 0. The van der Waals surface area contributed by atoms with Crippen molar-refractivity contribution >= 4 is 11.6 Å². The van der Waals surface area contributed by atoms with Gasteiger partial charge in [-0.15, -0.1) is 0 Å². The zero-order chi connectivity index (χ0) is 8.53. The van der Waals surface area contributed by atoms with Crippen LogP contribution in [0.2, 0.25) is 0 Å². The van der Waals surface area contributed by atoms with Gasteiger partial charge in [-0.25, -0.2) is 0 Å². The maximum Gasteiger partial charge on any atom is 0.0955 e. The van der Waals surface area contributed by atoms with E-state index < -0.39 is 0 Å². The molecule has 0 aliphatic carbocycles. The van der Waals surface area contributed by atoms with E-state index in [9.17, 15) is 0 Å². The lowest BCUT2D eigenvalue weighted by atomic mass is 10.2. The highest BCUT2D eigenvalue weighted by atomic mass is 35.5. The Morgan fingerprint density at radius 3 is 2.73 bits per heavy atom. The average molecular weight is 175 g/mol. The average Bonchev–Trinajstić information content (AvgIpc) is 2.05. The molecule has 2 heteroatoms. The third-order valence-electron chi connectivity index (χ3n) is 1.39. The number of rotatable bonds is 5. The van der Waals surface area contributed by atoms with Gasteiger partial charge < -0.3 is 4.74 Å². The minimum absolute atomic E-state index is 0.990. The molecule has 0 heterocycles. The Morgan fingerprint density at radius 1 is 1.55 bits per heavy atom. The van der Waals surface area contributed by atoms with Crippen LogP contribution in [-0.4, -0.2) is 7.11 Å². The van der Waals surface area contributed by atoms with E-state index in [2.05, 4.69) is 6.92 Å². The fraction of sp³-hybridized carbons (Fsp3) is 0.556. The van der Waals surface area contributed by atoms with E-state index >= 15 is 0 Å². The molecule has 0 spiro atoms. The van der Waals surface area contributed by atoms with Crippen molar-refractivity contribution < 1.29 is 4.74 Å². The SMILES string of the molecule is CCCC/C(=C\C=C\Cl)OC. The summed E-state index contributed by atoms with van der Waals surface area (Å²) in [5.74, 6) is 0.990. The van der Waals surface area contributed by atoms with Gasteiger partial charge >= 0.3 is 0 Å². The zero-order valence-electron chi connectivity index (χ0n) is 7.14. The summed E-state index contributed by atoms with van der Waals surface area (Å²) in [6, 6.07) is 0. The molecule has 0 atom stereocenters. The Kier molecular flexibility index (Phi) is 7.37. The van der Waals surface area contributed by atoms with Crippen LogP contribution < -0.4 is 0 Å². The normalized spacial score (nSPS) is 12.5. The molecule has 0 aromatic carbocycles. The second-order valence-corrected chi connectivity index (χ2v) is 2.51. The van der Waals surface area contributed by atoms with Gasteiger partial charge in [-0.1, -0.05) is 24.9 Å². The number of hydrogen-bond donors (Lipinski definition) is 0. The summed E-state index contributed by atoms with van der Waals surface area (Å²) < 4.78 is 5.11. The predicted octanol–water partition coefficient (Wildman–Crippen LogP) is 3.46. The number of methoxy groups -OCH3 is 1. The lowest BCUT2D eigenvalue weighted by Crippen LogP contribution is -1.85. The van der Waals surface area contributed by atoms with Crippen molar-refractivity contribution in [1.29, 1.82) is 0 Å². The van der Waals surface area contributed by atoms with Gasteiger partial charge in [0.05, 0.1) is 12.9 Å². The largest absolute Gasteiger partial charge is 0.501 e. The lowest BCUT2D eigenvalue weighted by Gasteiger charge is -2.02. The molecule has 0 radical (unpaired) electrons. The van der Waals surface area contributed by atoms with Crippen molar-refractivity contribution in [2.24, 2.45) is 0 Å². The van der Waals surface area contributed by atoms with Gasteiger partial charge in [0.25, 0.3) is 0 Å². The van der Waals surface area contributed by atoms with E-state index in [0.717, 1.165) is 18.6 Å². The van der Waals surface area contributed by atoms with Crippen LogP contribution >= 0.6 is 11.6 Å². The summed E-state index contributed by atoms with van der Waals surface area (Å²) >= 11 is 5.36. The first-order valence-electron chi connectivity index (χ1n) is 3.85. The summed E-state index contributed by atoms with van der Waals surface area (Å²) in [7, 11) is 1.68. The summed E-state index contributed by atoms with van der Waals surface area (Å²) in [6.07, 6.45) is 7.01. The minimum atomic E-state index is 0.990. The topological polar surface area (TPSA) is 9.23 Å². The fourth-order valence-corrected chi connectivity index (χ4v) is 0.821. The number of halogens is 1. The van der Waals surface area contributed by atoms with Crippen LogP contribution in [-0.2, 0) is 4.74 Å². The monoisotopic (exact) mass is 174 g/mol. The molecule has 0 aliphatic heterocycles. The van der Waals surface area contributed by atoms with E-state index in [1.807, 2.05) is 6.08 Å². The van der Waals surface area contributed by atoms with Gasteiger partial charge in [-0.3, -0.25) is 0 Å². The van der Waals surface area contributed by atoms with Crippen LogP contribution in [0, 0.1) is 0 Å². The van der Waals surface area contributed by atoms with Crippen LogP contribution in [0.15, 0.2) is 23.4 Å². The number of hydrogen-bond acceptors (Lipinski definition) is 1. The van der Waals surface area contributed by atoms with Gasteiger partial charge in [-0.05, 0) is 18.6 Å². The van der Waals surface area contributed by atoms with Crippen LogP contribution in [0.4, 0.5) is 0 Å². The second kappa shape index (κ2) is 7.67. The third kappa shape index (κ3) is 5.99. The van der Waals surface area contributed by atoms with Crippen LogP contribution in [0.25, 0.3) is 0 Å². The Hall–Kier alpha value is -0.430. The highest BCUT2D eigenvalue weighted by Crippen LogP contribution is 2.07. The van der Waals surface area contributed by atoms with E-state index in [0.29, 0.717) is 0 Å². The van der Waals surface area contributed by atoms with Gasteiger partial charge in [0.1, 0.15) is 0 Å². The Morgan fingerprint density at radius 2 is 2.27 bits per heavy atom. The molecular formula is C9H15ClO. The predicted molar refractivity (Wildman–Crippen MR) is 49.6 cm³/mol. The lowest BCUT2D eigenvalue weighted by molar-refractivity contribution is 0.275. The fourth-order valence-electron chi connectivity index (χ4n) is 0.748. The van der Waals surface area contributed by atoms with Crippen molar-refractivity contribution in [3.05, 3.63) is 23.4 Å². The summed E-state index contributed by atoms with van der Waals surface area (Å²) in [6.45, 7) is 2.16. The quantitative estimate of drug-likeness (QED) is 0.458. The molecule has 0 aromatic rings. The minimum Gasteiger partial charge on any atom is -0.501 e. The Balaban J connectivity index is 3.73. The molecule has 64 valence electrons. The molecule has 0 rings (SSSR count). The molecule has 0 unspecified atom stereocenters. The molecule has 0 bridgehead atoms. The van der Waals surface area contributed by atoms with Crippen LogP contribution in [0.5, 0.6) is 0 Å². The zero-order valence-corrected chi connectivity index (χ0v) is 7.90. The number of allylic oxidation sites excluding steroid dienone is 3. The summed E-state index contributed by atoms with van der Waals surface area (Å²) in [5.41, 5.74) is 1.48. The molecule has 0 saturated heterocycles. The van der Waals surface area contributed by atoms with Crippen molar-refractivity contribution in [3.63, 3.8) is 0 Å². The highest BCUT2D eigenvalue weighted by molar-refractivity contribution is 6.25. The maximum absolute atomic E-state index is 5.36. The highest BCUT2D eigenvalue weighted by Gasteiger charge is 1.91. The van der Waals surface area contributed by atoms with Crippen LogP contribution in [0.3, 0.4) is 0 Å². The van der Waals surface area contributed by atoms with Crippen molar-refractivity contribution in [2.75, 3.05) is 7.11 Å². The molecule has 0 amide bonds. The molecule has 0 N–H and O–H groups in total. The maximum atomic E-state index is 5.36. The van der Waals surface area contributed by atoms with E-state index in [4.69, 9.17) is 16.3 Å². The first-order valence-corrected chi connectivity index (χ1v) is 4.28. The van der Waals surface area contributed by atoms with Gasteiger partial charge in [0.2, 0.25) is 0 Å². The molecular weight excluding hydrogens is 160 g/mol. The van der Waals surface area contributed by atoms with E-state index in [-0.39, 0.29) is 0 Å². The van der Waals surface area contributed by atoms with Gasteiger partial charge in [0.15, 0.2) is 0 Å². The molecule has 0 aromatic heterocycles. The Bertz CT molecular complexity index is 138. The first kappa shape index (κ1) is 10.6. The molecule has 0 saturated carbocycles. The van der Waals surface area contributed by atoms with E-state index in [1.165, 1.54) is 12.0 Å². The van der Waals surface area contributed by atoms with Crippen molar-refractivity contribution in [1.82, 2.24) is 0 Å². The Labute approximate surface area is 73.7 Å². The first-order chi connectivity index (χ1) is 5.35. The third-order valence-corrected chi connectivity index (χ3v) is 1.54. The number of unbranched alkanes of at least 4 members (excludes halogenated alkanes) is 1. The van der Waals surface area contributed by atoms with Crippen LogP contribution in [0.1, 0.15) is 26.2 Å². The standard InChI is InChI=1S/C9H15ClO/c1-3-4-6-9(11-2)7-5-8-10/h5,7-8H,3-4,6H2,1-2H3/b8-5+,9-7+.